The molecule has 202 valence electrons. The molecule has 35 heavy (non-hydrogen) atoms. The largest absolute Gasteiger partial charge is 0.462 e. The highest BCUT2D eigenvalue weighted by molar-refractivity contribution is 5.70. The summed E-state index contributed by atoms with van der Waals surface area (Å²) < 4.78 is 5.93. The molecule has 4 N–H and O–H groups in total. The molecule has 13 atom stereocenters. The minimum absolute atomic E-state index is 0.00444. The van der Waals surface area contributed by atoms with Crippen LogP contribution in [0, 0.1) is 51.8 Å². The summed E-state index contributed by atoms with van der Waals surface area (Å²) in [5.74, 6) is 0.858. The van der Waals surface area contributed by atoms with Gasteiger partial charge in [0.15, 0.2) is 0 Å². The molecule has 6 nitrogen and oxygen atoms in total. The van der Waals surface area contributed by atoms with Gasteiger partial charge in [-0.1, -0.05) is 48.5 Å². The number of aliphatic hydroxyl groups excluding tert-OH is 4. The second-order valence-electron chi connectivity index (χ2n) is 14.4. The lowest BCUT2D eigenvalue weighted by atomic mass is 9.49. The summed E-state index contributed by atoms with van der Waals surface area (Å²) in [6.45, 7) is 14.9. The zero-order valence-corrected chi connectivity index (χ0v) is 22.9. The third-order valence-electron chi connectivity index (χ3n) is 11.7. The lowest BCUT2D eigenvalue weighted by Crippen LogP contribution is -2.55. The minimum atomic E-state index is -0.841. The van der Waals surface area contributed by atoms with Crippen molar-refractivity contribution in [1.82, 2.24) is 0 Å². The first-order valence-electron chi connectivity index (χ1n) is 14.0. The molecule has 0 amide bonds. The number of esters is 1. The van der Waals surface area contributed by atoms with Gasteiger partial charge in [-0.15, -0.1) is 0 Å². The average Bonchev–Trinajstić information content (AvgIpc) is 3.07. The lowest BCUT2D eigenvalue weighted by Gasteiger charge is -2.56. The number of carbonyl (C=O) groups excluding carboxylic acids is 1. The van der Waals surface area contributed by atoms with E-state index in [0.717, 1.165) is 25.7 Å². The summed E-state index contributed by atoms with van der Waals surface area (Å²) in [4.78, 5) is 13.0. The van der Waals surface area contributed by atoms with Crippen molar-refractivity contribution < 1.29 is 30.0 Å². The van der Waals surface area contributed by atoms with Crippen molar-refractivity contribution in [3.8, 4) is 0 Å². The highest BCUT2D eigenvalue weighted by Crippen LogP contribution is 2.66. The Hall–Kier alpha value is -0.690. The van der Waals surface area contributed by atoms with Gasteiger partial charge in [-0.05, 0) is 78.4 Å². The van der Waals surface area contributed by atoms with Gasteiger partial charge in [0.1, 0.15) is 6.10 Å². The van der Waals surface area contributed by atoms with Gasteiger partial charge >= 0.3 is 5.97 Å². The number of fused-ring (bicyclic) bond motifs is 5. The zero-order chi connectivity index (χ0) is 26.1. The molecule has 4 aliphatic rings. The van der Waals surface area contributed by atoms with E-state index >= 15 is 0 Å². The SMILES string of the molecule is C[C@H]([C@@H](O)[C@H](O)[C@@H](C)C(C)(C)C)[C@H]1CCC2C3CC(=O)OC4C[C@H](O)[C@H](O)C[C@]4(C)C3CC[C@@]21C. The Morgan fingerprint density at radius 1 is 0.943 bits per heavy atom. The van der Waals surface area contributed by atoms with Crippen LogP contribution in [0.2, 0.25) is 0 Å². The molecule has 6 heteroatoms. The molecule has 4 unspecified atom stereocenters. The summed E-state index contributed by atoms with van der Waals surface area (Å²) in [5, 5.41) is 43.2. The first-order valence-corrected chi connectivity index (χ1v) is 14.0. The van der Waals surface area contributed by atoms with Crippen molar-refractivity contribution in [1.29, 1.82) is 0 Å². The van der Waals surface area contributed by atoms with E-state index in [1.807, 2.05) is 6.92 Å². The molecule has 0 aromatic carbocycles. The van der Waals surface area contributed by atoms with Gasteiger partial charge in [0, 0.05) is 18.3 Å². The maximum Gasteiger partial charge on any atom is 0.306 e. The van der Waals surface area contributed by atoms with Gasteiger partial charge in [0.2, 0.25) is 0 Å². The van der Waals surface area contributed by atoms with Crippen LogP contribution >= 0.6 is 0 Å². The Morgan fingerprint density at radius 3 is 2.20 bits per heavy atom. The molecule has 0 radical (unpaired) electrons. The highest BCUT2D eigenvalue weighted by Gasteiger charge is 2.62. The molecular formula is C29H50O6. The average molecular weight is 495 g/mol. The van der Waals surface area contributed by atoms with Gasteiger partial charge in [-0.3, -0.25) is 4.79 Å². The molecular weight excluding hydrogens is 444 g/mol. The normalized spacial score (nSPS) is 47.4. The van der Waals surface area contributed by atoms with E-state index < -0.39 is 24.4 Å². The second-order valence-corrected chi connectivity index (χ2v) is 14.4. The van der Waals surface area contributed by atoms with E-state index in [1.165, 1.54) is 0 Å². The molecule has 0 aromatic rings. The van der Waals surface area contributed by atoms with Gasteiger partial charge in [0.05, 0.1) is 24.4 Å². The minimum Gasteiger partial charge on any atom is -0.462 e. The second kappa shape index (κ2) is 9.25. The molecule has 3 saturated carbocycles. The number of ether oxygens (including phenoxy) is 1. The van der Waals surface area contributed by atoms with Crippen molar-refractivity contribution in [2.24, 2.45) is 51.8 Å². The van der Waals surface area contributed by atoms with Crippen LogP contribution in [0.4, 0.5) is 0 Å². The van der Waals surface area contributed by atoms with Crippen molar-refractivity contribution >= 4 is 5.97 Å². The highest BCUT2D eigenvalue weighted by atomic mass is 16.5. The van der Waals surface area contributed by atoms with Crippen molar-refractivity contribution in [3.63, 3.8) is 0 Å². The van der Waals surface area contributed by atoms with E-state index in [4.69, 9.17) is 4.74 Å². The van der Waals surface area contributed by atoms with Crippen LogP contribution < -0.4 is 0 Å². The molecule has 0 bridgehead atoms. The molecule has 4 fully saturated rings. The number of hydrogen-bond donors (Lipinski definition) is 4. The van der Waals surface area contributed by atoms with E-state index in [-0.39, 0.29) is 57.9 Å². The summed E-state index contributed by atoms with van der Waals surface area (Å²) >= 11 is 0. The molecule has 1 aliphatic heterocycles. The van der Waals surface area contributed by atoms with Crippen molar-refractivity contribution in [3.05, 3.63) is 0 Å². The third kappa shape index (κ3) is 4.49. The van der Waals surface area contributed by atoms with Crippen LogP contribution in [0.5, 0.6) is 0 Å². The van der Waals surface area contributed by atoms with E-state index in [0.29, 0.717) is 25.2 Å². The van der Waals surface area contributed by atoms with Crippen LogP contribution in [0.1, 0.15) is 93.4 Å². The summed E-state index contributed by atoms with van der Waals surface area (Å²) in [7, 11) is 0. The van der Waals surface area contributed by atoms with Crippen LogP contribution in [0.15, 0.2) is 0 Å². The van der Waals surface area contributed by atoms with Gasteiger partial charge in [-0.2, -0.15) is 0 Å². The lowest BCUT2D eigenvalue weighted by molar-refractivity contribution is -0.175. The number of carbonyl (C=O) groups is 1. The number of rotatable bonds is 4. The third-order valence-corrected chi connectivity index (χ3v) is 11.7. The first kappa shape index (κ1) is 27.3. The predicted molar refractivity (Wildman–Crippen MR) is 134 cm³/mol. The van der Waals surface area contributed by atoms with Crippen molar-refractivity contribution in [2.75, 3.05) is 0 Å². The Balaban J connectivity index is 1.58. The quantitative estimate of drug-likeness (QED) is 0.441. The Bertz CT molecular complexity index is 793. The van der Waals surface area contributed by atoms with E-state index in [1.54, 1.807) is 0 Å². The first-order chi connectivity index (χ1) is 16.1. The fourth-order valence-corrected chi connectivity index (χ4v) is 8.99. The summed E-state index contributed by atoms with van der Waals surface area (Å²) in [6.07, 6.45) is 1.65. The maximum absolute atomic E-state index is 13.0. The Labute approximate surface area is 211 Å². The van der Waals surface area contributed by atoms with Crippen molar-refractivity contribution in [2.45, 2.75) is 124 Å². The molecule has 0 aromatic heterocycles. The van der Waals surface area contributed by atoms with Gasteiger partial charge in [0.25, 0.3) is 0 Å². The number of hydrogen-bond acceptors (Lipinski definition) is 6. The van der Waals surface area contributed by atoms with Crippen LogP contribution in [-0.4, -0.2) is 56.9 Å². The van der Waals surface area contributed by atoms with Crippen LogP contribution in [-0.2, 0) is 9.53 Å². The standard InChI is InChI=1S/C29H50O6/c1-15(25(33)26(34)16(2)27(3,4)5)18-8-9-19-17-12-24(32)35-23-13-21(30)22(31)14-29(23,7)20(17)10-11-28(18,19)6/h15-23,25-26,30-31,33-34H,8-14H2,1-7H3/t15-,16+,17?,18+,19?,20?,21-,22+,23?,25+,26+,28+,29+/m0/s1. The van der Waals surface area contributed by atoms with Gasteiger partial charge < -0.3 is 25.2 Å². The van der Waals surface area contributed by atoms with Gasteiger partial charge in [-0.25, -0.2) is 0 Å². The predicted octanol–water partition coefficient (Wildman–Crippen LogP) is 3.92. The fraction of sp³-hybridized carbons (Fsp3) is 0.966. The molecule has 0 spiro atoms. The number of aliphatic hydroxyl groups is 4. The smallest absolute Gasteiger partial charge is 0.306 e. The molecule has 4 rings (SSSR count). The zero-order valence-electron chi connectivity index (χ0n) is 22.9. The summed E-state index contributed by atoms with van der Waals surface area (Å²) in [5.41, 5.74) is -0.432. The van der Waals surface area contributed by atoms with Crippen LogP contribution in [0.25, 0.3) is 0 Å². The summed E-state index contributed by atoms with van der Waals surface area (Å²) in [6, 6.07) is 0. The fourth-order valence-electron chi connectivity index (χ4n) is 8.99. The van der Waals surface area contributed by atoms with Crippen LogP contribution in [0.3, 0.4) is 0 Å². The van der Waals surface area contributed by atoms with E-state index in [2.05, 4.69) is 41.5 Å². The van der Waals surface area contributed by atoms with E-state index in [9.17, 15) is 25.2 Å². The molecule has 1 heterocycles. The monoisotopic (exact) mass is 494 g/mol. The molecule has 1 saturated heterocycles. The topological polar surface area (TPSA) is 107 Å². The maximum atomic E-state index is 13.0. The Kier molecular flexibility index (Phi) is 7.23. The molecule has 3 aliphatic carbocycles. The Morgan fingerprint density at radius 2 is 1.57 bits per heavy atom.